The number of nitrogen functional groups attached to an aromatic ring is 1. The lowest BCUT2D eigenvalue weighted by Gasteiger charge is -2.40. The number of thiophene rings is 1. The minimum atomic E-state index is -0.112. The molecule has 3 aliphatic rings. The number of hydrogen-bond donors (Lipinski definition) is 2. The maximum Gasteiger partial charge on any atom is 0.246 e. The molecule has 2 aliphatic heterocycles. The van der Waals surface area contributed by atoms with Gasteiger partial charge in [0.25, 0.3) is 0 Å². The van der Waals surface area contributed by atoms with Gasteiger partial charge in [-0.2, -0.15) is 10.2 Å². The number of likely N-dealkylation sites (tertiary alicyclic amines) is 1. The number of fused-ring (bicyclic) bond motifs is 1. The fraction of sp³-hybridized carbons (Fsp3) is 0.531. The molecule has 10 nitrogen and oxygen atoms in total. The Kier molecular flexibility index (Phi) is 11.4. The quantitative estimate of drug-likeness (QED) is 0.315. The van der Waals surface area contributed by atoms with Crippen LogP contribution in [0.15, 0.2) is 24.8 Å². The Morgan fingerprint density at radius 3 is 2.70 bits per heavy atom. The molecule has 0 bridgehead atoms. The number of aromatic nitrogens is 2. The van der Waals surface area contributed by atoms with E-state index in [9.17, 15) is 10.1 Å². The number of aryl methyl sites for hydroxylation is 1. The second-order valence-corrected chi connectivity index (χ2v) is 12.9. The van der Waals surface area contributed by atoms with Gasteiger partial charge in [0.1, 0.15) is 23.5 Å². The van der Waals surface area contributed by atoms with E-state index in [4.69, 9.17) is 38.4 Å². The van der Waals surface area contributed by atoms with Gasteiger partial charge in [-0.25, -0.2) is 4.98 Å². The summed E-state index contributed by atoms with van der Waals surface area (Å²) in [7, 11) is 2.11. The van der Waals surface area contributed by atoms with Crippen molar-refractivity contribution in [2.24, 2.45) is 5.73 Å². The molecule has 2 aromatic heterocycles. The van der Waals surface area contributed by atoms with Crippen LogP contribution < -0.4 is 21.1 Å². The average Bonchev–Trinajstić information content (AvgIpc) is 3.60. The summed E-state index contributed by atoms with van der Waals surface area (Å²) in [6.45, 7) is 13.0. The third-order valence-corrected chi connectivity index (χ3v) is 10.00. The molecule has 0 aromatic carbocycles. The van der Waals surface area contributed by atoms with Gasteiger partial charge in [0, 0.05) is 53.4 Å². The summed E-state index contributed by atoms with van der Waals surface area (Å²) >= 11 is 7.37. The number of thiocarbonyl (C=S) groups is 1. The van der Waals surface area contributed by atoms with Crippen LogP contribution in [0.25, 0.3) is 5.70 Å². The molecule has 0 spiro atoms. The van der Waals surface area contributed by atoms with Gasteiger partial charge < -0.3 is 30.9 Å². The summed E-state index contributed by atoms with van der Waals surface area (Å²) in [5.41, 5.74) is 14.6. The molecule has 2 saturated heterocycles. The average molecular weight is 637 g/mol. The normalized spacial score (nSPS) is 22.0. The van der Waals surface area contributed by atoms with Crippen molar-refractivity contribution >= 4 is 50.8 Å². The monoisotopic (exact) mass is 636 g/mol. The van der Waals surface area contributed by atoms with Crippen molar-refractivity contribution in [1.29, 1.82) is 5.26 Å². The van der Waals surface area contributed by atoms with Gasteiger partial charge in [-0.3, -0.25) is 4.79 Å². The highest BCUT2D eigenvalue weighted by Gasteiger charge is 2.31. The number of carbonyl (C=O) groups excluding carboxylic acids is 1. The molecule has 2 aromatic rings. The molecular formula is C32H44N8O2S2. The number of nitriles is 1. The number of nitrogens with two attached hydrogens (primary N) is 2. The number of rotatable bonds is 8. The molecule has 5 rings (SSSR count). The second kappa shape index (κ2) is 15.0. The van der Waals surface area contributed by atoms with Gasteiger partial charge in [0.15, 0.2) is 5.82 Å². The molecule has 0 radical (unpaired) electrons. The highest BCUT2D eigenvalue weighted by molar-refractivity contribution is 7.80. The number of likely N-dealkylation sites (N-methyl/N-ethyl adjacent to an activating group) is 1. The van der Waals surface area contributed by atoms with E-state index in [0.29, 0.717) is 70.9 Å². The van der Waals surface area contributed by atoms with E-state index in [-0.39, 0.29) is 17.9 Å². The lowest BCUT2D eigenvalue weighted by molar-refractivity contribution is -0.128. The van der Waals surface area contributed by atoms with Gasteiger partial charge in [0.2, 0.25) is 11.8 Å². The molecule has 44 heavy (non-hydrogen) atoms. The SMILES string of the molecule is C=CC(=O)N1CCN(c2cc(OCC3CCCN3C)nc(/C(N)=C/C(=S)C3CCCc4sc(N)c(C#N)c43)n2)CC1C.CC. The van der Waals surface area contributed by atoms with Crippen molar-refractivity contribution in [3.8, 4) is 11.9 Å². The number of amides is 1. The number of nitrogens with zero attached hydrogens (tertiary/aromatic N) is 6. The first-order valence-electron chi connectivity index (χ1n) is 15.4. The maximum absolute atomic E-state index is 12.3. The number of piperazine rings is 1. The molecule has 4 N–H and O–H groups in total. The van der Waals surface area contributed by atoms with Crippen LogP contribution >= 0.6 is 23.6 Å². The summed E-state index contributed by atoms with van der Waals surface area (Å²) < 4.78 is 6.23. The molecule has 3 unspecified atom stereocenters. The zero-order valence-corrected chi connectivity index (χ0v) is 27.8. The van der Waals surface area contributed by atoms with Gasteiger partial charge in [-0.15, -0.1) is 11.3 Å². The predicted octanol–water partition coefficient (Wildman–Crippen LogP) is 4.50. The van der Waals surface area contributed by atoms with Gasteiger partial charge in [0.05, 0.1) is 11.3 Å². The van der Waals surface area contributed by atoms with E-state index < -0.39 is 0 Å². The zero-order valence-electron chi connectivity index (χ0n) is 26.2. The van der Waals surface area contributed by atoms with Crippen LogP contribution in [-0.4, -0.2) is 82.5 Å². The Bertz CT molecular complexity index is 1450. The summed E-state index contributed by atoms with van der Waals surface area (Å²) in [4.78, 5) is 29.8. The maximum atomic E-state index is 12.3. The van der Waals surface area contributed by atoms with Crippen LogP contribution in [0, 0.1) is 11.3 Å². The Morgan fingerprint density at radius 1 is 1.27 bits per heavy atom. The summed E-state index contributed by atoms with van der Waals surface area (Å²) in [6, 6.07) is 4.43. The number of anilines is 2. The summed E-state index contributed by atoms with van der Waals surface area (Å²) in [5.74, 6) is 1.29. The van der Waals surface area contributed by atoms with E-state index in [1.54, 1.807) is 6.08 Å². The molecule has 2 fully saturated rings. The minimum absolute atomic E-state index is 0.0208. The lowest BCUT2D eigenvalue weighted by atomic mass is 9.83. The Morgan fingerprint density at radius 2 is 2.05 bits per heavy atom. The molecule has 1 amide bonds. The Hall–Kier alpha value is -3.53. The van der Waals surface area contributed by atoms with E-state index in [1.807, 2.05) is 31.7 Å². The first kappa shape index (κ1) is 33.4. The Balaban J connectivity index is 0.00000216. The van der Waals surface area contributed by atoms with Crippen molar-refractivity contribution in [3.05, 3.63) is 46.6 Å². The predicted molar refractivity (Wildman–Crippen MR) is 182 cm³/mol. The largest absolute Gasteiger partial charge is 0.476 e. The van der Waals surface area contributed by atoms with Crippen molar-refractivity contribution in [2.75, 3.05) is 50.5 Å². The van der Waals surface area contributed by atoms with Crippen LogP contribution in [0.5, 0.6) is 5.88 Å². The van der Waals surface area contributed by atoms with Crippen molar-refractivity contribution < 1.29 is 9.53 Å². The van der Waals surface area contributed by atoms with Crippen LogP contribution in [0.3, 0.4) is 0 Å². The van der Waals surface area contributed by atoms with Gasteiger partial charge >= 0.3 is 0 Å². The van der Waals surface area contributed by atoms with Crippen molar-refractivity contribution in [1.82, 2.24) is 19.8 Å². The molecule has 0 saturated carbocycles. The fourth-order valence-electron chi connectivity index (χ4n) is 6.15. The molecule has 1 aliphatic carbocycles. The molecule has 3 atom stereocenters. The standard InChI is InChI=1S/C30H38N8O2S2.C2H6/c1-4-27(39)38-12-11-37(16-18(38)2)25-14-26(40-17-19-7-6-10-36(19)3)35-30(34-25)22(32)13-23(41)20-8-5-9-24-28(20)21(15-31)29(33)42-24;1-2/h4,13-14,18-20H,1,5-12,16-17,32-33H2,2-3H3;1-2H3/b22-13-;. The van der Waals surface area contributed by atoms with Crippen LogP contribution in [0.2, 0.25) is 0 Å². The van der Waals surface area contributed by atoms with Crippen LogP contribution in [0.4, 0.5) is 10.8 Å². The van der Waals surface area contributed by atoms with E-state index in [0.717, 1.165) is 49.1 Å². The van der Waals surface area contributed by atoms with Crippen molar-refractivity contribution in [3.63, 3.8) is 0 Å². The van der Waals surface area contributed by atoms with Crippen molar-refractivity contribution in [2.45, 2.75) is 70.9 Å². The third-order valence-electron chi connectivity index (χ3n) is 8.50. The second-order valence-electron chi connectivity index (χ2n) is 11.2. The van der Waals surface area contributed by atoms with Gasteiger partial charge in [-0.1, -0.05) is 32.6 Å². The zero-order chi connectivity index (χ0) is 32.0. The van der Waals surface area contributed by atoms with E-state index in [1.165, 1.54) is 17.4 Å². The number of carbonyl (C=O) groups is 1. The molecular weight excluding hydrogens is 593 g/mol. The first-order chi connectivity index (χ1) is 21.2. The number of hydrogen-bond acceptors (Lipinski definition) is 11. The molecule has 4 heterocycles. The lowest BCUT2D eigenvalue weighted by Crippen LogP contribution is -2.54. The van der Waals surface area contributed by atoms with Crippen LogP contribution in [-0.2, 0) is 11.2 Å². The molecule has 236 valence electrons. The Labute approximate surface area is 270 Å². The van der Waals surface area contributed by atoms with E-state index in [2.05, 4.69) is 29.5 Å². The highest BCUT2D eigenvalue weighted by Crippen LogP contribution is 2.43. The third kappa shape index (κ3) is 7.22. The summed E-state index contributed by atoms with van der Waals surface area (Å²) in [6.07, 6.45) is 8.03. The minimum Gasteiger partial charge on any atom is -0.476 e. The van der Waals surface area contributed by atoms with Gasteiger partial charge in [-0.05, 0) is 70.3 Å². The topological polar surface area (TPSA) is 138 Å². The smallest absolute Gasteiger partial charge is 0.246 e. The van der Waals surface area contributed by atoms with Crippen LogP contribution in [0.1, 0.15) is 74.2 Å². The summed E-state index contributed by atoms with van der Waals surface area (Å²) in [5, 5.41) is 10.3. The fourth-order valence-corrected chi connectivity index (χ4v) is 7.64. The first-order valence-corrected chi connectivity index (χ1v) is 16.6. The number of ether oxygens (including phenoxy) is 1. The molecule has 12 heteroatoms. The highest BCUT2D eigenvalue weighted by atomic mass is 32.1. The van der Waals surface area contributed by atoms with E-state index >= 15 is 0 Å². The number of allylic oxidation sites excluding steroid dienone is 1.